The molecule has 2 amide bonds. The minimum absolute atomic E-state index is 0.180. The lowest BCUT2D eigenvalue weighted by molar-refractivity contribution is -0.483. The Morgan fingerprint density at radius 2 is 1.71 bits per heavy atom. The Morgan fingerprint density at radius 3 is 2.12 bits per heavy atom. The summed E-state index contributed by atoms with van der Waals surface area (Å²) in [6.45, 7) is 11.8. The molecule has 0 spiro atoms. The van der Waals surface area contributed by atoms with Crippen molar-refractivity contribution in [1.29, 1.82) is 0 Å². The van der Waals surface area contributed by atoms with Crippen LogP contribution in [0.15, 0.2) is 15.8 Å². The molecule has 0 radical (unpaired) electrons. The molecule has 0 unspecified atom stereocenters. The van der Waals surface area contributed by atoms with E-state index in [-0.39, 0.29) is 5.88 Å². The number of amides is 2. The highest BCUT2D eigenvalue weighted by Gasteiger charge is 2.33. The minimum Gasteiger partial charge on any atom is -0.446 e. The number of carbonyl (C=O) groups excluding carboxylic acids is 2. The third-order valence-corrected chi connectivity index (χ3v) is 2.45. The van der Waals surface area contributed by atoms with Crippen molar-refractivity contribution in [2.24, 2.45) is 5.11 Å². The van der Waals surface area contributed by atoms with Gasteiger partial charge in [0.15, 0.2) is 5.88 Å². The average Bonchev–Trinajstić information content (AvgIpc) is 2.65. The van der Waals surface area contributed by atoms with E-state index in [4.69, 9.17) is 19.6 Å². The monoisotopic (exact) mass is 341 g/mol. The van der Waals surface area contributed by atoms with Crippen LogP contribution < -0.4 is 11.2 Å². The normalized spacial score (nSPS) is 12.7. The summed E-state index contributed by atoms with van der Waals surface area (Å²) in [6.07, 6.45) is -0.533. The fraction of sp³-hybridized carbons (Fsp3) is 0.600. The molecule has 9 heteroatoms. The molecule has 0 saturated carbocycles. The maximum atomic E-state index is 12.3. The molecular weight excluding hydrogens is 316 g/mol. The van der Waals surface area contributed by atoms with Gasteiger partial charge in [0, 0.05) is 5.56 Å². The first-order valence-electron chi connectivity index (χ1n) is 7.36. The molecule has 0 aliphatic rings. The van der Waals surface area contributed by atoms with E-state index in [0.717, 1.165) is 0 Å². The van der Waals surface area contributed by atoms with Crippen LogP contribution >= 0.6 is 0 Å². The molecule has 1 heterocycles. The van der Waals surface area contributed by atoms with Gasteiger partial charge in [-0.2, -0.15) is 4.79 Å². The summed E-state index contributed by atoms with van der Waals surface area (Å²) >= 11 is 0. The Labute approximate surface area is 140 Å². The lowest BCUT2D eigenvalue weighted by Crippen LogP contribution is -2.34. The second-order valence-electron chi connectivity index (χ2n) is 7.12. The zero-order chi connectivity index (χ0) is 18.7. The second kappa shape index (κ2) is 6.90. The Morgan fingerprint density at radius 1 is 1.17 bits per heavy atom. The van der Waals surface area contributed by atoms with Gasteiger partial charge in [0.25, 0.3) is 0 Å². The fourth-order valence-electron chi connectivity index (χ4n) is 1.44. The Hall–Kier alpha value is -2.58. The molecular formula is C15H25N4O5+. The number of nitrogens with two attached hydrogens (primary N) is 1. The Kier molecular flexibility index (Phi) is 5.59. The van der Waals surface area contributed by atoms with Crippen LogP contribution in [-0.4, -0.2) is 28.2 Å². The molecule has 0 aromatic carbocycles. The topological polar surface area (TPSA) is 119 Å². The summed E-state index contributed by atoms with van der Waals surface area (Å²) in [7, 11) is 0. The number of hydrazine groups is 1. The van der Waals surface area contributed by atoms with Crippen molar-refractivity contribution in [3.8, 4) is 0 Å². The highest BCUT2D eigenvalue weighted by Crippen LogP contribution is 2.23. The minimum atomic E-state index is -0.949. The molecule has 0 aliphatic heterocycles. The molecule has 0 fully saturated rings. The summed E-state index contributed by atoms with van der Waals surface area (Å²) in [5.41, 5.74) is 7.64. The van der Waals surface area contributed by atoms with Crippen molar-refractivity contribution < 1.29 is 28.3 Å². The lowest BCUT2D eigenvalue weighted by atomic mass is 10.2. The highest BCUT2D eigenvalue weighted by molar-refractivity contribution is 5.69. The van der Waals surface area contributed by atoms with Crippen molar-refractivity contribution in [3.63, 3.8) is 0 Å². The Balaban J connectivity index is 3.09. The molecule has 24 heavy (non-hydrogen) atoms. The maximum absolute atomic E-state index is 12.3. The van der Waals surface area contributed by atoms with Gasteiger partial charge in [-0.15, -0.1) is 5.43 Å². The summed E-state index contributed by atoms with van der Waals surface area (Å²) < 4.78 is 15.3. The predicted octanol–water partition coefficient (Wildman–Crippen LogP) is 3.83. The van der Waals surface area contributed by atoms with Gasteiger partial charge in [-0.05, 0) is 48.5 Å². The van der Waals surface area contributed by atoms with Gasteiger partial charge >= 0.3 is 12.2 Å². The number of nitrogens with one attached hydrogen (secondary N) is 1. The van der Waals surface area contributed by atoms with Crippen LogP contribution in [0.4, 0.5) is 21.2 Å². The number of ether oxygens (including phenoxy) is 2. The zero-order valence-corrected chi connectivity index (χ0v) is 15.1. The van der Waals surface area contributed by atoms with E-state index < -0.39 is 23.4 Å². The number of hydrogen-bond acceptors (Lipinski definition) is 6. The van der Waals surface area contributed by atoms with Crippen molar-refractivity contribution in [2.45, 2.75) is 59.7 Å². The van der Waals surface area contributed by atoms with Gasteiger partial charge < -0.3 is 19.6 Å². The summed E-state index contributed by atoms with van der Waals surface area (Å²) in [6, 6.07) is 0. The van der Waals surface area contributed by atoms with E-state index in [1.165, 1.54) is 6.26 Å². The van der Waals surface area contributed by atoms with Gasteiger partial charge in [-0.1, -0.05) is 0 Å². The van der Waals surface area contributed by atoms with Gasteiger partial charge in [0.05, 0.1) is 0 Å². The first-order valence-corrected chi connectivity index (χ1v) is 7.36. The van der Waals surface area contributed by atoms with Crippen molar-refractivity contribution in [3.05, 3.63) is 11.8 Å². The molecule has 1 rings (SSSR count). The van der Waals surface area contributed by atoms with E-state index in [9.17, 15) is 9.59 Å². The van der Waals surface area contributed by atoms with E-state index in [0.29, 0.717) is 16.1 Å². The van der Waals surface area contributed by atoms with Crippen molar-refractivity contribution in [2.75, 3.05) is 11.2 Å². The number of carbonyl (C=O) groups is 2. The molecule has 9 nitrogen and oxygen atoms in total. The second-order valence-corrected chi connectivity index (χ2v) is 7.12. The molecule has 0 bridgehead atoms. The van der Waals surface area contributed by atoms with Crippen molar-refractivity contribution in [1.82, 2.24) is 0 Å². The number of anilines is 2. The first kappa shape index (κ1) is 19.5. The van der Waals surface area contributed by atoms with Crippen LogP contribution in [-0.2, 0) is 9.47 Å². The largest absolute Gasteiger partial charge is 0.654 e. The molecule has 0 atom stereocenters. The van der Waals surface area contributed by atoms with E-state index in [2.05, 4.69) is 10.5 Å². The van der Waals surface area contributed by atoms with Gasteiger partial charge in [0.2, 0.25) is 0 Å². The third kappa shape index (κ3) is 6.27. The number of rotatable bonds is 2. The standard InChI is InChI=1S/C15H24N4O5/c1-9-10(8-22-11(9)16)17-19(13(21)24-15(5,6)7)18-12(20)23-14(2,3)4/h8H,16H2,1-7H3/p+1. The smallest absolute Gasteiger partial charge is 0.446 e. The first-order chi connectivity index (χ1) is 10.8. The number of furan rings is 1. The van der Waals surface area contributed by atoms with Crippen LogP contribution in [0.3, 0.4) is 0 Å². The van der Waals surface area contributed by atoms with E-state index in [1.54, 1.807) is 48.5 Å². The molecule has 1 aromatic rings. The number of azo groups is 1. The SMILES string of the molecule is Cc1c(N[N+](=NC(=O)OC(C)(C)C)C(=O)OC(C)(C)C)coc1N. The van der Waals surface area contributed by atoms with Crippen LogP contribution in [0.25, 0.3) is 0 Å². The summed E-state index contributed by atoms with van der Waals surface area (Å²) in [4.78, 5) is 24.8. The number of hydrogen-bond donors (Lipinski definition) is 2. The summed E-state index contributed by atoms with van der Waals surface area (Å²) in [5.74, 6) is 0.180. The maximum Gasteiger partial charge on any atom is 0.654 e. The van der Waals surface area contributed by atoms with Crippen LogP contribution in [0.5, 0.6) is 0 Å². The molecule has 3 N–H and O–H groups in total. The van der Waals surface area contributed by atoms with Gasteiger partial charge in [-0.25, -0.2) is 4.79 Å². The molecule has 0 aliphatic carbocycles. The summed E-state index contributed by atoms with van der Waals surface area (Å²) in [5, 5.41) is 3.60. The fourth-order valence-corrected chi connectivity index (χ4v) is 1.44. The third-order valence-electron chi connectivity index (χ3n) is 2.45. The quantitative estimate of drug-likeness (QED) is 0.476. The lowest BCUT2D eigenvalue weighted by Gasteiger charge is -2.17. The van der Waals surface area contributed by atoms with Gasteiger partial charge in [-0.3, -0.25) is 0 Å². The number of nitrogen functional groups attached to an aromatic ring is 1. The Bertz CT molecular complexity index is 650. The molecule has 134 valence electrons. The predicted molar refractivity (Wildman–Crippen MR) is 86.6 cm³/mol. The molecule has 1 aromatic heterocycles. The van der Waals surface area contributed by atoms with E-state index >= 15 is 0 Å². The highest BCUT2D eigenvalue weighted by atomic mass is 16.6. The molecule has 0 saturated heterocycles. The van der Waals surface area contributed by atoms with Gasteiger partial charge in [0.1, 0.15) is 33.1 Å². The number of nitrogens with zero attached hydrogens (tertiary/aromatic N) is 2. The van der Waals surface area contributed by atoms with Crippen LogP contribution in [0.1, 0.15) is 47.1 Å². The average molecular weight is 341 g/mol. The van der Waals surface area contributed by atoms with Crippen LogP contribution in [0.2, 0.25) is 0 Å². The van der Waals surface area contributed by atoms with Crippen molar-refractivity contribution >= 4 is 23.8 Å². The van der Waals surface area contributed by atoms with Crippen LogP contribution in [0, 0.1) is 6.92 Å². The van der Waals surface area contributed by atoms with E-state index in [1.807, 2.05) is 0 Å². The zero-order valence-electron chi connectivity index (χ0n) is 15.1.